The van der Waals surface area contributed by atoms with Crippen LogP contribution in [-0.2, 0) is 4.79 Å². The lowest BCUT2D eigenvalue weighted by atomic mass is 10.1. The molecule has 0 aliphatic carbocycles. The van der Waals surface area contributed by atoms with Gasteiger partial charge in [0, 0.05) is 33.1 Å². The van der Waals surface area contributed by atoms with Gasteiger partial charge in [-0.05, 0) is 55.3 Å². The molecule has 24 heavy (non-hydrogen) atoms. The summed E-state index contributed by atoms with van der Waals surface area (Å²) >= 11 is 3.47. The standard InChI is InChI=1S/C19H14BrN3O/c1-2-4-19(24)23-15-7-8-17-16(12-15)18(9-10-21-17)22-14-6-3-5-13(20)11-14/h3,5-12H,1H3,(H,21,22)(H,23,24). The van der Waals surface area contributed by atoms with E-state index in [0.29, 0.717) is 5.69 Å². The lowest BCUT2D eigenvalue weighted by Crippen LogP contribution is -2.08. The van der Waals surface area contributed by atoms with E-state index < -0.39 is 0 Å². The first-order chi connectivity index (χ1) is 11.7. The molecule has 0 radical (unpaired) electrons. The third-order valence-corrected chi connectivity index (χ3v) is 3.83. The topological polar surface area (TPSA) is 54.0 Å². The van der Waals surface area contributed by atoms with Gasteiger partial charge < -0.3 is 10.6 Å². The van der Waals surface area contributed by atoms with E-state index in [2.05, 4.69) is 43.4 Å². The minimum Gasteiger partial charge on any atom is -0.355 e. The van der Waals surface area contributed by atoms with E-state index >= 15 is 0 Å². The first-order valence-corrected chi connectivity index (χ1v) is 8.10. The second-order valence-corrected chi connectivity index (χ2v) is 5.97. The molecule has 0 bridgehead atoms. The van der Waals surface area contributed by atoms with Crippen molar-refractivity contribution >= 4 is 49.8 Å². The fourth-order valence-corrected chi connectivity index (χ4v) is 2.73. The number of hydrogen-bond acceptors (Lipinski definition) is 3. The van der Waals surface area contributed by atoms with Gasteiger partial charge in [0.25, 0.3) is 5.91 Å². The molecule has 0 saturated heterocycles. The number of amides is 1. The minimum atomic E-state index is -0.331. The molecule has 1 aromatic heterocycles. The number of nitrogens with zero attached hydrogens (tertiary/aromatic N) is 1. The summed E-state index contributed by atoms with van der Waals surface area (Å²) < 4.78 is 0.997. The number of carbonyl (C=O) groups excluding carboxylic acids is 1. The molecule has 3 aromatic rings. The molecule has 2 aromatic carbocycles. The molecule has 118 valence electrons. The van der Waals surface area contributed by atoms with Crippen molar-refractivity contribution in [3.8, 4) is 11.8 Å². The third-order valence-electron chi connectivity index (χ3n) is 3.34. The van der Waals surface area contributed by atoms with E-state index in [1.165, 1.54) is 0 Å². The van der Waals surface area contributed by atoms with Gasteiger partial charge in [0.05, 0.1) is 5.52 Å². The SMILES string of the molecule is CC#CC(=O)Nc1ccc2nccc(Nc3cccc(Br)c3)c2c1. The second-order valence-electron chi connectivity index (χ2n) is 5.05. The van der Waals surface area contributed by atoms with Gasteiger partial charge in [0.1, 0.15) is 0 Å². The molecule has 0 aliphatic rings. The average Bonchev–Trinajstić information content (AvgIpc) is 2.56. The van der Waals surface area contributed by atoms with Crippen molar-refractivity contribution in [2.45, 2.75) is 6.92 Å². The van der Waals surface area contributed by atoms with Crippen LogP contribution in [0.25, 0.3) is 10.9 Å². The maximum absolute atomic E-state index is 11.6. The number of hydrogen-bond donors (Lipinski definition) is 2. The Hall–Kier alpha value is -2.84. The molecule has 3 rings (SSSR count). The molecule has 1 heterocycles. The Balaban J connectivity index is 1.97. The maximum atomic E-state index is 11.6. The fourth-order valence-electron chi connectivity index (χ4n) is 2.33. The monoisotopic (exact) mass is 379 g/mol. The lowest BCUT2D eigenvalue weighted by molar-refractivity contribution is -0.111. The third kappa shape index (κ3) is 3.73. The summed E-state index contributed by atoms with van der Waals surface area (Å²) in [5.41, 5.74) is 3.40. The number of carbonyl (C=O) groups is 1. The fraction of sp³-hybridized carbons (Fsp3) is 0.0526. The van der Waals surface area contributed by atoms with Gasteiger partial charge in [-0.2, -0.15) is 0 Å². The zero-order valence-corrected chi connectivity index (χ0v) is 14.5. The summed E-state index contributed by atoms with van der Waals surface area (Å²) in [6.45, 7) is 1.63. The Morgan fingerprint density at radius 1 is 1.12 bits per heavy atom. The highest BCUT2D eigenvalue weighted by Crippen LogP contribution is 2.28. The van der Waals surface area contributed by atoms with Crippen LogP contribution in [0.4, 0.5) is 17.1 Å². The van der Waals surface area contributed by atoms with Crippen molar-refractivity contribution in [3.05, 3.63) is 59.2 Å². The molecule has 0 atom stereocenters. The van der Waals surface area contributed by atoms with E-state index in [-0.39, 0.29) is 5.91 Å². The number of nitrogens with one attached hydrogen (secondary N) is 2. The van der Waals surface area contributed by atoms with Gasteiger partial charge >= 0.3 is 0 Å². The van der Waals surface area contributed by atoms with E-state index in [0.717, 1.165) is 26.8 Å². The Morgan fingerprint density at radius 3 is 2.79 bits per heavy atom. The molecule has 2 N–H and O–H groups in total. The summed E-state index contributed by atoms with van der Waals surface area (Å²) in [7, 11) is 0. The number of rotatable bonds is 3. The number of pyridine rings is 1. The number of fused-ring (bicyclic) bond motifs is 1. The Bertz CT molecular complexity index is 973. The van der Waals surface area contributed by atoms with Gasteiger partial charge in [-0.25, -0.2) is 0 Å². The largest absolute Gasteiger partial charge is 0.355 e. The van der Waals surface area contributed by atoms with Gasteiger partial charge in [-0.3, -0.25) is 9.78 Å². The van der Waals surface area contributed by atoms with Crippen molar-refractivity contribution in [2.24, 2.45) is 0 Å². The van der Waals surface area contributed by atoms with Crippen LogP contribution in [-0.4, -0.2) is 10.9 Å². The van der Waals surface area contributed by atoms with Crippen LogP contribution >= 0.6 is 15.9 Å². The van der Waals surface area contributed by atoms with Crippen LogP contribution in [0.5, 0.6) is 0 Å². The van der Waals surface area contributed by atoms with E-state index in [9.17, 15) is 4.79 Å². The summed E-state index contributed by atoms with van der Waals surface area (Å²) in [6.07, 6.45) is 1.75. The molecule has 4 nitrogen and oxygen atoms in total. The van der Waals surface area contributed by atoms with Crippen LogP contribution in [0, 0.1) is 11.8 Å². The highest BCUT2D eigenvalue weighted by atomic mass is 79.9. The predicted molar refractivity (Wildman–Crippen MR) is 101 cm³/mol. The normalized spacial score (nSPS) is 9.92. The highest BCUT2D eigenvalue weighted by molar-refractivity contribution is 9.10. The molecule has 0 spiro atoms. The van der Waals surface area contributed by atoms with E-state index in [1.54, 1.807) is 13.1 Å². The number of aromatic nitrogens is 1. The van der Waals surface area contributed by atoms with Crippen LogP contribution in [0.2, 0.25) is 0 Å². The smallest absolute Gasteiger partial charge is 0.300 e. The van der Waals surface area contributed by atoms with Crippen LogP contribution in [0.1, 0.15) is 6.92 Å². The Kier molecular flexibility index (Phi) is 4.78. The van der Waals surface area contributed by atoms with E-state index in [4.69, 9.17) is 0 Å². The predicted octanol–water partition coefficient (Wildman–Crippen LogP) is 4.70. The summed E-state index contributed by atoms with van der Waals surface area (Å²) in [6, 6.07) is 15.4. The zero-order chi connectivity index (χ0) is 16.9. The van der Waals surface area contributed by atoms with Crippen molar-refractivity contribution in [1.29, 1.82) is 0 Å². The van der Waals surface area contributed by atoms with Crippen LogP contribution in [0.3, 0.4) is 0 Å². The highest BCUT2D eigenvalue weighted by Gasteiger charge is 2.06. The Labute approximate surface area is 148 Å². The van der Waals surface area contributed by atoms with Crippen LogP contribution in [0.15, 0.2) is 59.2 Å². The average molecular weight is 380 g/mol. The minimum absolute atomic E-state index is 0.331. The number of halogens is 1. The van der Waals surface area contributed by atoms with Gasteiger partial charge in [-0.15, -0.1) is 0 Å². The quantitative estimate of drug-likeness (QED) is 0.648. The van der Waals surface area contributed by atoms with Crippen molar-refractivity contribution in [1.82, 2.24) is 4.98 Å². The zero-order valence-electron chi connectivity index (χ0n) is 12.9. The summed E-state index contributed by atoms with van der Waals surface area (Å²) in [4.78, 5) is 16.0. The van der Waals surface area contributed by atoms with E-state index in [1.807, 2.05) is 48.5 Å². The van der Waals surface area contributed by atoms with Gasteiger partial charge in [0.15, 0.2) is 0 Å². The van der Waals surface area contributed by atoms with Gasteiger partial charge in [0.2, 0.25) is 0 Å². The van der Waals surface area contributed by atoms with Crippen molar-refractivity contribution in [3.63, 3.8) is 0 Å². The molecular weight excluding hydrogens is 366 g/mol. The number of anilines is 3. The van der Waals surface area contributed by atoms with Crippen molar-refractivity contribution < 1.29 is 4.79 Å². The molecule has 1 amide bonds. The number of benzene rings is 2. The molecule has 0 unspecified atom stereocenters. The molecule has 5 heteroatoms. The molecule has 0 aliphatic heterocycles. The second kappa shape index (κ2) is 7.16. The molecular formula is C19H14BrN3O. The van der Waals surface area contributed by atoms with Gasteiger partial charge in [-0.1, -0.05) is 27.9 Å². The molecule has 0 fully saturated rings. The molecule has 0 saturated carbocycles. The van der Waals surface area contributed by atoms with Crippen LogP contribution < -0.4 is 10.6 Å². The summed E-state index contributed by atoms with van der Waals surface area (Å²) in [5, 5.41) is 7.06. The summed E-state index contributed by atoms with van der Waals surface area (Å²) in [5.74, 6) is 4.72. The van der Waals surface area contributed by atoms with Crippen molar-refractivity contribution in [2.75, 3.05) is 10.6 Å². The first kappa shape index (κ1) is 16.0. The lowest BCUT2D eigenvalue weighted by Gasteiger charge is -2.11. The Morgan fingerprint density at radius 2 is 2.00 bits per heavy atom. The maximum Gasteiger partial charge on any atom is 0.300 e. The first-order valence-electron chi connectivity index (χ1n) is 7.31.